The lowest BCUT2D eigenvalue weighted by Crippen LogP contribution is -2.02. The van der Waals surface area contributed by atoms with Crippen molar-refractivity contribution < 1.29 is 5.11 Å². The third-order valence-electron chi connectivity index (χ3n) is 4.40. The highest BCUT2D eigenvalue weighted by Crippen LogP contribution is 2.34. The van der Waals surface area contributed by atoms with Gasteiger partial charge in [-0.3, -0.25) is 0 Å². The first-order chi connectivity index (χ1) is 11.7. The van der Waals surface area contributed by atoms with E-state index in [1.54, 1.807) is 0 Å². The second-order valence-electron chi connectivity index (χ2n) is 5.89. The number of nitrogens with two attached hydrogens (primary N) is 1. The highest BCUT2D eigenvalue weighted by atomic mass is 16.3. The number of aromatic hydroxyl groups is 1. The van der Waals surface area contributed by atoms with Crippen molar-refractivity contribution in [3.05, 3.63) is 78.4 Å². The fourth-order valence-electron chi connectivity index (χ4n) is 3.18. The number of nitrogen functional groups attached to an aromatic ring is 1. The molecule has 0 heterocycles. The normalized spacial score (nSPS) is 11.0. The molecule has 0 unspecified atom stereocenters. The highest BCUT2D eigenvalue weighted by Gasteiger charge is 2.11. The van der Waals surface area contributed by atoms with Crippen molar-refractivity contribution in [3.8, 4) is 5.75 Å². The van der Waals surface area contributed by atoms with Crippen LogP contribution in [-0.4, -0.2) is 5.11 Å². The van der Waals surface area contributed by atoms with Crippen LogP contribution in [0.5, 0.6) is 5.75 Å². The van der Waals surface area contributed by atoms with Gasteiger partial charge in [0.05, 0.1) is 5.69 Å². The van der Waals surface area contributed by atoms with Crippen LogP contribution < -0.4 is 11.1 Å². The second-order valence-corrected chi connectivity index (χ2v) is 5.89. The van der Waals surface area contributed by atoms with Crippen LogP contribution in [0.3, 0.4) is 0 Å². The van der Waals surface area contributed by atoms with E-state index >= 15 is 0 Å². The van der Waals surface area contributed by atoms with Crippen molar-refractivity contribution in [1.82, 2.24) is 0 Å². The van der Waals surface area contributed by atoms with Crippen molar-refractivity contribution in [2.24, 2.45) is 0 Å². The molecule has 118 valence electrons. The zero-order valence-corrected chi connectivity index (χ0v) is 13.2. The van der Waals surface area contributed by atoms with Crippen LogP contribution in [0.4, 0.5) is 11.4 Å². The molecule has 0 fully saturated rings. The van der Waals surface area contributed by atoms with Crippen LogP contribution in [0.15, 0.2) is 72.8 Å². The van der Waals surface area contributed by atoms with E-state index < -0.39 is 0 Å². The molecule has 24 heavy (non-hydrogen) atoms. The lowest BCUT2D eigenvalue weighted by molar-refractivity contribution is 0.473. The summed E-state index contributed by atoms with van der Waals surface area (Å²) < 4.78 is 0. The molecule has 0 aliphatic carbocycles. The zero-order chi connectivity index (χ0) is 16.5. The summed E-state index contributed by atoms with van der Waals surface area (Å²) in [5, 5.41) is 18.3. The molecule has 3 heteroatoms. The molecule has 0 atom stereocenters. The van der Waals surface area contributed by atoms with Crippen LogP contribution >= 0.6 is 0 Å². The maximum Gasteiger partial charge on any atom is 0.144 e. The van der Waals surface area contributed by atoms with Crippen LogP contribution in [0.25, 0.3) is 21.5 Å². The maximum atomic E-state index is 10.4. The first-order valence-electron chi connectivity index (χ1n) is 7.95. The summed E-state index contributed by atoms with van der Waals surface area (Å²) in [6.45, 7) is 0.505. The van der Waals surface area contributed by atoms with E-state index in [9.17, 15) is 5.11 Å². The van der Waals surface area contributed by atoms with Gasteiger partial charge in [0.2, 0.25) is 0 Å². The first kappa shape index (κ1) is 14.4. The molecule has 3 nitrogen and oxygen atoms in total. The molecule has 0 bridgehead atoms. The summed E-state index contributed by atoms with van der Waals surface area (Å²) in [5.41, 5.74) is 8.23. The Kier molecular flexibility index (Phi) is 3.47. The Hall–Kier alpha value is -3.20. The average Bonchev–Trinajstić information content (AvgIpc) is 2.62. The molecule has 4 N–H and O–H groups in total. The van der Waals surface area contributed by atoms with E-state index in [1.165, 1.54) is 5.39 Å². The summed E-state index contributed by atoms with van der Waals surface area (Å²) in [4.78, 5) is 0. The molecule has 0 saturated heterocycles. The summed E-state index contributed by atoms with van der Waals surface area (Å²) >= 11 is 0. The molecular formula is C21H18N2O. The molecule has 0 aliphatic rings. The Labute approximate surface area is 140 Å². The Morgan fingerprint density at radius 2 is 1.46 bits per heavy atom. The predicted octanol–water partition coefficient (Wildman–Crippen LogP) is 4.89. The summed E-state index contributed by atoms with van der Waals surface area (Å²) in [6, 6.07) is 24.2. The number of anilines is 2. The average molecular weight is 314 g/mol. The lowest BCUT2D eigenvalue weighted by Gasteiger charge is -2.14. The van der Waals surface area contributed by atoms with Gasteiger partial charge in [0.25, 0.3) is 0 Å². The fraction of sp³-hybridized carbons (Fsp3) is 0.0476. The number of fused-ring (bicyclic) bond motifs is 2. The van der Waals surface area contributed by atoms with Gasteiger partial charge >= 0.3 is 0 Å². The largest absolute Gasteiger partial charge is 0.505 e. The van der Waals surface area contributed by atoms with Crippen molar-refractivity contribution >= 4 is 32.9 Å². The van der Waals surface area contributed by atoms with Gasteiger partial charge in [0.15, 0.2) is 0 Å². The topological polar surface area (TPSA) is 58.3 Å². The van der Waals surface area contributed by atoms with Gasteiger partial charge in [-0.2, -0.15) is 0 Å². The minimum Gasteiger partial charge on any atom is -0.505 e. The summed E-state index contributed by atoms with van der Waals surface area (Å²) in [7, 11) is 0. The second kappa shape index (κ2) is 5.78. The van der Waals surface area contributed by atoms with Crippen molar-refractivity contribution in [1.29, 1.82) is 0 Å². The third-order valence-corrected chi connectivity index (χ3v) is 4.40. The Bertz CT molecular complexity index is 1040. The highest BCUT2D eigenvalue weighted by molar-refractivity contribution is 5.95. The maximum absolute atomic E-state index is 10.4. The number of rotatable bonds is 3. The lowest BCUT2D eigenvalue weighted by atomic mass is 10.0. The molecule has 4 aromatic carbocycles. The van der Waals surface area contributed by atoms with E-state index in [-0.39, 0.29) is 5.75 Å². The van der Waals surface area contributed by atoms with E-state index in [0.717, 1.165) is 27.4 Å². The molecule has 0 aromatic heterocycles. The van der Waals surface area contributed by atoms with Gasteiger partial charge in [-0.15, -0.1) is 0 Å². The molecule has 0 spiro atoms. The minimum atomic E-state index is 0.154. The quantitative estimate of drug-likeness (QED) is 0.372. The smallest absolute Gasteiger partial charge is 0.144 e. The monoisotopic (exact) mass is 314 g/mol. The van der Waals surface area contributed by atoms with Gasteiger partial charge < -0.3 is 16.2 Å². The van der Waals surface area contributed by atoms with Crippen LogP contribution in [0, 0.1) is 0 Å². The van der Waals surface area contributed by atoms with Crippen LogP contribution in [0.1, 0.15) is 5.56 Å². The molecular weight excluding hydrogens is 296 g/mol. The van der Waals surface area contributed by atoms with Gasteiger partial charge in [0.1, 0.15) is 5.75 Å². The fourth-order valence-corrected chi connectivity index (χ4v) is 3.18. The number of benzene rings is 4. The molecule has 0 amide bonds. The van der Waals surface area contributed by atoms with E-state index in [1.807, 2.05) is 54.6 Å². The number of hydrogen-bond acceptors (Lipinski definition) is 3. The summed E-state index contributed by atoms with van der Waals surface area (Å²) in [5.74, 6) is 0.154. The minimum absolute atomic E-state index is 0.154. The Balaban J connectivity index is 1.76. The third kappa shape index (κ3) is 2.40. The number of phenols is 1. The van der Waals surface area contributed by atoms with Gasteiger partial charge in [-0.25, -0.2) is 0 Å². The van der Waals surface area contributed by atoms with E-state index in [0.29, 0.717) is 12.2 Å². The van der Waals surface area contributed by atoms with Crippen molar-refractivity contribution in [2.75, 3.05) is 11.1 Å². The molecule has 0 radical (unpaired) electrons. The van der Waals surface area contributed by atoms with Crippen LogP contribution in [0.2, 0.25) is 0 Å². The molecule has 0 aliphatic heterocycles. The number of nitrogens with one attached hydrogen (secondary N) is 1. The first-order valence-corrected chi connectivity index (χ1v) is 7.95. The zero-order valence-electron chi connectivity index (χ0n) is 13.2. The molecule has 4 aromatic rings. The van der Waals surface area contributed by atoms with Gasteiger partial charge in [-0.05, 0) is 28.3 Å². The molecule has 0 saturated carbocycles. The molecule has 4 rings (SSSR count). The standard InChI is InChI=1S/C21H18N2O/c22-19-12-15-7-2-3-9-16(15)18(21(19)24)13-23-20-11-5-8-14-6-1-4-10-17(14)20/h1-12,23-24H,13,22H2. The Morgan fingerprint density at radius 1 is 0.792 bits per heavy atom. The van der Waals surface area contributed by atoms with Crippen molar-refractivity contribution in [2.45, 2.75) is 6.54 Å². The van der Waals surface area contributed by atoms with Gasteiger partial charge in [0, 0.05) is 23.2 Å². The van der Waals surface area contributed by atoms with Crippen molar-refractivity contribution in [3.63, 3.8) is 0 Å². The number of hydrogen-bond donors (Lipinski definition) is 3. The van der Waals surface area contributed by atoms with E-state index in [4.69, 9.17) is 5.73 Å². The SMILES string of the molecule is Nc1cc2ccccc2c(CNc2cccc3ccccc23)c1O. The van der Waals surface area contributed by atoms with Crippen LogP contribution in [-0.2, 0) is 6.54 Å². The number of phenolic OH excluding ortho intramolecular Hbond substituents is 1. The Morgan fingerprint density at radius 3 is 2.29 bits per heavy atom. The van der Waals surface area contributed by atoms with E-state index in [2.05, 4.69) is 23.5 Å². The van der Waals surface area contributed by atoms with Gasteiger partial charge in [-0.1, -0.05) is 60.7 Å². The summed E-state index contributed by atoms with van der Waals surface area (Å²) in [6.07, 6.45) is 0. The predicted molar refractivity (Wildman–Crippen MR) is 101 cm³/mol.